The van der Waals surface area contributed by atoms with Crippen molar-refractivity contribution in [2.24, 2.45) is 0 Å². The molecule has 4 nitrogen and oxygen atoms in total. The predicted octanol–water partition coefficient (Wildman–Crippen LogP) is 2.28. The number of nitrogen functional groups attached to an aromatic ring is 1. The maximum absolute atomic E-state index is 11.7. The molecule has 1 amide bonds. The molecule has 0 atom stereocenters. The number of aryl methyl sites for hydroxylation is 1. The average molecular weight is 300 g/mol. The van der Waals surface area contributed by atoms with E-state index in [0.29, 0.717) is 17.8 Å². The van der Waals surface area contributed by atoms with Crippen LogP contribution in [0.15, 0.2) is 16.6 Å². The second kappa shape index (κ2) is 6.61. The summed E-state index contributed by atoms with van der Waals surface area (Å²) in [5.74, 6) is -0.00977. The van der Waals surface area contributed by atoms with Gasteiger partial charge >= 0.3 is 0 Å². The van der Waals surface area contributed by atoms with Crippen molar-refractivity contribution in [1.29, 1.82) is 0 Å². The molecule has 1 aromatic rings. The first-order valence-corrected chi connectivity index (χ1v) is 6.34. The molecule has 0 aliphatic heterocycles. The van der Waals surface area contributed by atoms with Gasteiger partial charge in [0.25, 0.3) is 0 Å². The molecule has 4 N–H and O–H groups in total. The fraction of sp³-hybridized carbons (Fsp3) is 0.417. The van der Waals surface area contributed by atoms with Gasteiger partial charge in [-0.05, 0) is 44.6 Å². The quantitative estimate of drug-likeness (QED) is 0.577. The lowest BCUT2D eigenvalue weighted by Gasteiger charge is -2.11. The number of hydrogen-bond acceptors (Lipinski definition) is 3. The van der Waals surface area contributed by atoms with Gasteiger partial charge in [-0.15, -0.1) is 0 Å². The molecule has 0 radical (unpaired) electrons. The Labute approximate surface area is 110 Å². The van der Waals surface area contributed by atoms with Gasteiger partial charge in [-0.3, -0.25) is 4.79 Å². The summed E-state index contributed by atoms with van der Waals surface area (Å²) >= 11 is 3.38. The monoisotopic (exact) mass is 299 g/mol. The van der Waals surface area contributed by atoms with Gasteiger partial charge in [0, 0.05) is 10.9 Å². The summed E-state index contributed by atoms with van der Waals surface area (Å²) < 4.78 is 0.912. The van der Waals surface area contributed by atoms with E-state index in [2.05, 4.69) is 26.6 Å². The Bertz CT molecular complexity index is 407. The minimum Gasteiger partial charge on any atom is -0.397 e. The van der Waals surface area contributed by atoms with Crippen LogP contribution in [0.1, 0.15) is 18.4 Å². The van der Waals surface area contributed by atoms with Gasteiger partial charge in [0.05, 0.1) is 11.4 Å². The molecular weight excluding hydrogens is 282 g/mol. The van der Waals surface area contributed by atoms with Crippen molar-refractivity contribution < 1.29 is 4.79 Å². The number of nitrogens with two attached hydrogens (primary N) is 1. The third-order valence-electron chi connectivity index (χ3n) is 2.46. The van der Waals surface area contributed by atoms with Gasteiger partial charge in [0.15, 0.2) is 0 Å². The van der Waals surface area contributed by atoms with Crippen molar-refractivity contribution in [3.05, 3.63) is 22.2 Å². The molecule has 0 saturated heterocycles. The maximum atomic E-state index is 11.7. The average Bonchev–Trinajstić information content (AvgIpc) is 2.25. The third kappa shape index (κ3) is 4.36. The molecule has 0 aromatic heterocycles. The van der Waals surface area contributed by atoms with Crippen molar-refractivity contribution in [3.8, 4) is 0 Å². The number of anilines is 2. The van der Waals surface area contributed by atoms with Crippen molar-refractivity contribution in [3.63, 3.8) is 0 Å². The topological polar surface area (TPSA) is 67.2 Å². The molecule has 0 fully saturated rings. The molecule has 0 bridgehead atoms. The van der Waals surface area contributed by atoms with Crippen LogP contribution in [0.3, 0.4) is 0 Å². The van der Waals surface area contributed by atoms with E-state index >= 15 is 0 Å². The van der Waals surface area contributed by atoms with Gasteiger partial charge in [-0.1, -0.05) is 15.9 Å². The predicted molar refractivity (Wildman–Crippen MR) is 75.1 cm³/mol. The van der Waals surface area contributed by atoms with Gasteiger partial charge in [-0.25, -0.2) is 0 Å². The van der Waals surface area contributed by atoms with E-state index in [1.165, 1.54) is 0 Å². The van der Waals surface area contributed by atoms with Gasteiger partial charge in [0.2, 0.25) is 5.91 Å². The number of halogens is 1. The minimum absolute atomic E-state index is 0.00977. The van der Waals surface area contributed by atoms with Crippen LogP contribution >= 0.6 is 15.9 Å². The number of hydrogen-bond donors (Lipinski definition) is 3. The highest BCUT2D eigenvalue weighted by atomic mass is 79.9. The molecule has 94 valence electrons. The Morgan fingerprint density at radius 2 is 2.18 bits per heavy atom. The Morgan fingerprint density at radius 1 is 1.47 bits per heavy atom. The Kier molecular flexibility index (Phi) is 5.44. The van der Waals surface area contributed by atoms with Crippen LogP contribution in [0, 0.1) is 6.92 Å². The fourth-order valence-corrected chi connectivity index (χ4v) is 2.07. The van der Waals surface area contributed by atoms with Gasteiger partial charge in [-0.2, -0.15) is 0 Å². The van der Waals surface area contributed by atoms with Crippen molar-refractivity contribution in [1.82, 2.24) is 5.32 Å². The first-order chi connectivity index (χ1) is 8.04. The summed E-state index contributed by atoms with van der Waals surface area (Å²) in [6.07, 6.45) is 1.31. The summed E-state index contributed by atoms with van der Waals surface area (Å²) in [6.45, 7) is 2.75. The normalized spacial score (nSPS) is 10.3. The minimum atomic E-state index is -0.00977. The summed E-state index contributed by atoms with van der Waals surface area (Å²) in [7, 11) is 1.87. The molecule has 1 rings (SSSR count). The lowest BCUT2D eigenvalue weighted by Crippen LogP contribution is -2.16. The highest BCUT2D eigenvalue weighted by Crippen LogP contribution is 2.27. The van der Waals surface area contributed by atoms with Crippen molar-refractivity contribution in [2.75, 3.05) is 24.6 Å². The van der Waals surface area contributed by atoms with Crippen molar-refractivity contribution in [2.45, 2.75) is 19.8 Å². The largest absolute Gasteiger partial charge is 0.397 e. The van der Waals surface area contributed by atoms with E-state index < -0.39 is 0 Å². The Balaban J connectivity index is 2.65. The number of nitrogens with one attached hydrogen (secondary N) is 2. The van der Waals surface area contributed by atoms with Crippen molar-refractivity contribution >= 4 is 33.2 Å². The summed E-state index contributed by atoms with van der Waals surface area (Å²) in [4.78, 5) is 11.7. The van der Waals surface area contributed by atoms with Gasteiger partial charge < -0.3 is 16.4 Å². The summed E-state index contributed by atoms with van der Waals surface area (Å²) in [6, 6.07) is 3.74. The fourth-order valence-electron chi connectivity index (χ4n) is 1.50. The lowest BCUT2D eigenvalue weighted by molar-refractivity contribution is -0.116. The zero-order chi connectivity index (χ0) is 12.8. The zero-order valence-corrected chi connectivity index (χ0v) is 11.7. The van der Waals surface area contributed by atoms with E-state index in [1.54, 1.807) is 0 Å². The third-order valence-corrected chi connectivity index (χ3v) is 2.91. The number of rotatable bonds is 5. The van der Waals surface area contributed by atoms with E-state index in [4.69, 9.17) is 5.73 Å². The Hall–Kier alpha value is -1.07. The van der Waals surface area contributed by atoms with E-state index in [1.807, 2.05) is 26.1 Å². The van der Waals surface area contributed by atoms with Crippen LogP contribution in [-0.4, -0.2) is 19.5 Å². The SMILES string of the molecule is CNCCCC(=O)Nc1cc(Br)cc(C)c1N. The molecule has 0 aliphatic carbocycles. The Morgan fingerprint density at radius 3 is 2.82 bits per heavy atom. The first-order valence-electron chi connectivity index (χ1n) is 5.54. The van der Waals surface area contributed by atoms with E-state index in [9.17, 15) is 4.79 Å². The van der Waals surface area contributed by atoms with Crippen LogP contribution < -0.4 is 16.4 Å². The van der Waals surface area contributed by atoms with Crippen LogP contribution in [0.4, 0.5) is 11.4 Å². The molecule has 17 heavy (non-hydrogen) atoms. The molecular formula is C12H18BrN3O. The lowest BCUT2D eigenvalue weighted by atomic mass is 10.1. The molecule has 5 heteroatoms. The number of benzene rings is 1. The second-order valence-corrected chi connectivity index (χ2v) is 4.85. The van der Waals surface area contributed by atoms with Crippen LogP contribution in [0.25, 0.3) is 0 Å². The van der Waals surface area contributed by atoms with Crippen LogP contribution in [0.5, 0.6) is 0 Å². The number of amides is 1. The van der Waals surface area contributed by atoms with Crippen LogP contribution in [-0.2, 0) is 4.79 Å². The smallest absolute Gasteiger partial charge is 0.224 e. The van der Waals surface area contributed by atoms with E-state index in [0.717, 1.165) is 23.0 Å². The summed E-state index contributed by atoms with van der Waals surface area (Å²) in [5, 5.41) is 5.83. The summed E-state index contributed by atoms with van der Waals surface area (Å²) in [5.41, 5.74) is 8.15. The molecule has 0 saturated carbocycles. The highest BCUT2D eigenvalue weighted by Gasteiger charge is 2.07. The standard InChI is InChI=1S/C12H18BrN3O/c1-8-6-9(13)7-10(12(8)14)16-11(17)4-3-5-15-2/h6-7,15H,3-5,14H2,1-2H3,(H,16,17). The molecule has 1 aromatic carbocycles. The first kappa shape index (κ1) is 14.0. The molecule has 0 heterocycles. The molecule has 0 spiro atoms. The van der Waals surface area contributed by atoms with Gasteiger partial charge in [0.1, 0.15) is 0 Å². The van der Waals surface area contributed by atoms with Crippen LogP contribution in [0.2, 0.25) is 0 Å². The number of carbonyl (C=O) groups excluding carboxylic acids is 1. The molecule has 0 unspecified atom stereocenters. The van der Waals surface area contributed by atoms with E-state index in [-0.39, 0.29) is 5.91 Å². The zero-order valence-electron chi connectivity index (χ0n) is 10.1. The maximum Gasteiger partial charge on any atom is 0.224 e. The number of carbonyl (C=O) groups is 1. The molecule has 0 aliphatic rings. The highest BCUT2D eigenvalue weighted by molar-refractivity contribution is 9.10. The second-order valence-electron chi connectivity index (χ2n) is 3.94.